The quantitative estimate of drug-likeness (QED) is 0.891. The Morgan fingerprint density at radius 2 is 2.24 bits per heavy atom. The summed E-state index contributed by atoms with van der Waals surface area (Å²) in [6.07, 6.45) is 3.22. The first-order valence-corrected chi connectivity index (χ1v) is 7.66. The van der Waals surface area contributed by atoms with E-state index in [1.165, 1.54) is 11.3 Å². The molecule has 21 heavy (non-hydrogen) atoms. The van der Waals surface area contributed by atoms with Crippen LogP contribution in [0.4, 0.5) is 0 Å². The molecule has 0 saturated carbocycles. The van der Waals surface area contributed by atoms with Gasteiger partial charge in [0.2, 0.25) is 0 Å². The first-order chi connectivity index (χ1) is 9.87. The monoisotopic (exact) mass is 307 g/mol. The Morgan fingerprint density at radius 1 is 1.48 bits per heavy atom. The number of hydrogen-bond acceptors (Lipinski definition) is 5. The van der Waals surface area contributed by atoms with Gasteiger partial charge in [-0.2, -0.15) is 0 Å². The van der Waals surface area contributed by atoms with Crippen LogP contribution in [-0.4, -0.2) is 43.0 Å². The largest absolute Gasteiger partial charge is 0.472 e. The number of thiazole rings is 1. The fraction of sp³-hybridized carbons (Fsp3) is 0.467. The molecule has 2 heterocycles. The molecule has 2 aromatic rings. The van der Waals surface area contributed by atoms with E-state index in [-0.39, 0.29) is 11.3 Å². The highest BCUT2D eigenvalue weighted by Crippen LogP contribution is 2.24. The van der Waals surface area contributed by atoms with Gasteiger partial charge in [0.15, 0.2) is 0 Å². The van der Waals surface area contributed by atoms with E-state index in [1.807, 2.05) is 20.2 Å². The number of nitrogens with zero attached hydrogens (tertiary/aromatic N) is 2. The van der Waals surface area contributed by atoms with Gasteiger partial charge in [0, 0.05) is 24.0 Å². The van der Waals surface area contributed by atoms with Gasteiger partial charge in [-0.3, -0.25) is 4.79 Å². The molecule has 0 aliphatic carbocycles. The van der Waals surface area contributed by atoms with Crippen molar-refractivity contribution in [1.82, 2.24) is 15.2 Å². The van der Waals surface area contributed by atoms with Gasteiger partial charge in [0.25, 0.3) is 5.91 Å². The summed E-state index contributed by atoms with van der Waals surface area (Å²) in [6, 6.07) is 1.83. The fourth-order valence-corrected chi connectivity index (χ4v) is 3.01. The summed E-state index contributed by atoms with van der Waals surface area (Å²) < 4.78 is 5.03. The highest BCUT2D eigenvalue weighted by molar-refractivity contribution is 7.13. The van der Waals surface area contributed by atoms with E-state index in [1.54, 1.807) is 17.9 Å². The van der Waals surface area contributed by atoms with Crippen molar-refractivity contribution in [3.63, 3.8) is 0 Å². The van der Waals surface area contributed by atoms with E-state index >= 15 is 0 Å². The van der Waals surface area contributed by atoms with Crippen LogP contribution in [0.2, 0.25) is 0 Å². The molecule has 0 radical (unpaired) electrons. The maximum atomic E-state index is 12.2. The van der Waals surface area contributed by atoms with Crippen molar-refractivity contribution in [2.45, 2.75) is 13.8 Å². The number of amides is 1. The third-order valence-corrected chi connectivity index (χ3v) is 3.87. The van der Waals surface area contributed by atoms with Crippen molar-refractivity contribution in [2.24, 2.45) is 5.41 Å². The van der Waals surface area contributed by atoms with Gasteiger partial charge >= 0.3 is 0 Å². The zero-order chi connectivity index (χ0) is 15.5. The summed E-state index contributed by atoms with van der Waals surface area (Å²) >= 11 is 1.44. The highest BCUT2D eigenvalue weighted by atomic mass is 32.1. The van der Waals surface area contributed by atoms with Crippen LogP contribution < -0.4 is 5.32 Å². The molecule has 0 unspecified atom stereocenters. The fourth-order valence-electron chi connectivity index (χ4n) is 2.22. The van der Waals surface area contributed by atoms with Crippen LogP contribution >= 0.6 is 11.3 Å². The summed E-state index contributed by atoms with van der Waals surface area (Å²) in [7, 11) is 4.06. The molecule has 6 heteroatoms. The van der Waals surface area contributed by atoms with Crippen LogP contribution in [0, 0.1) is 5.41 Å². The van der Waals surface area contributed by atoms with Gasteiger partial charge in [-0.15, -0.1) is 11.3 Å². The van der Waals surface area contributed by atoms with Crippen molar-refractivity contribution in [1.29, 1.82) is 0 Å². The van der Waals surface area contributed by atoms with Gasteiger partial charge < -0.3 is 14.6 Å². The molecular formula is C15H21N3O2S. The molecule has 0 atom stereocenters. The Hall–Kier alpha value is -1.66. The molecule has 2 aromatic heterocycles. The number of rotatable bonds is 6. The van der Waals surface area contributed by atoms with Gasteiger partial charge in [-0.25, -0.2) is 4.98 Å². The Bertz CT molecular complexity index is 588. The minimum atomic E-state index is -0.132. The number of carbonyl (C=O) groups excluding carboxylic acids is 1. The average Bonchev–Trinajstić information content (AvgIpc) is 3.04. The standard InChI is InChI=1S/C15H21N3O2S/c1-15(2,10-18(3)4)9-16-13(19)12-8-21-14(17-12)11-5-6-20-7-11/h5-8H,9-10H2,1-4H3,(H,16,19). The second-order valence-corrected chi connectivity index (χ2v) is 6.99. The Balaban J connectivity index is 1.95. The second kappa shape index (κ2) is 6.41. The van der Waals surface area contributed by atoms with Crippen molar-refractivity contribution in [3.05, 3.63) is 29.7 Å². The molecule has 0 spiro atoms. The first-order valence-electron chi connectivity index (χ1n) is 6.78. The second-order valence-electron chi connectivity index (χ2n) is 6.13. The Labute approximate surface area is 129 Å². The SMILES string of the molecule is CN(C)CC(C)(C)CNC(=O)c1csc(-c2ccoc2)n1. The molecule has 0 aliphatic heterocycles. The molecule has 2 rings (SSSR count). The molecule has 0 aromatic carbocycles. The predicted octanol–water partition coefficient (Wildman–Crippen LogP) is 2.72. The number of nitrogens with one attached hydrogen (secondary N) is 1. The Morgan fingerprint density at radius 3 is 2.86 bits per heavy atom. The topological polar surface area (TPSA) is 58.4 Å². The minimum Gasteiger partial charge on any atom is -0.472 e. The third-order valence-electron chi connectivity index (χ3n) is 2.98. The average molecular weight is 307 g/mol. The number of aromatic nitrogens is 1. The molecule has 0 saturated heterocycles. The lowest BCUT2D eigenvalue weighted by Crippen LogP contribution is -2.40. The van der Waals surface area contributed by atoms with Crippen LogP contribution in [0.1, 0.15) is 24.3 Å². The zero-order valence-electron chi connectivity index (χ0n) is 12.8. The molecule has 0 aliphatic rings. The molecule has 1 N–H and O–H groups in total. The molecule has 1 amide bonds. The summed E-state index contributed by atoms with van der Waals surface area (Å²) in [6.45, 7) is 5.78. The van der Waals surface area contributed by atoms with Crippen LogP contribution in [0.3, 0.4) is 0 Å². The lowest BCUT2D eigenvalue weighted by molar-refractivity contribution is 0.0925. The normalized spacial score (nSPS) is 11.9. The molecular weight excluding hydrogens is 286 g/mol. The van der Waals surface area contributed by atoms with Gasteiger partial charge in [0.1, 0.15) is 17.0 Å². The summed E-state index contributed by atoms with van der Waals surface area (Å²) in [5.74, 6) is -0.132. The van der Waals surface area contributed by atoms with E-state index < -0.39 is 0 Å². The predicted molar refractivity (Wildman–Crippen MR) is 84.5 cm³/mol. The van der Waals surface area contributed by atoms with Crippen LogP contribution in [0.5, 0.6) is 0 Å². The maximum Gasteiger partial charge on any atom is 0.270 e. The van der Waals surface area contributed by atoms with E-state index in [0.717, 1.165) is 17.1 Å². The highest BCUT2D eigenvalue weighted by Gasteiger charge is 2.21. The van der Waals surface area contributed by atoms with Crippen LogP contribution in [-0.2, 0) is 0 Å². The minimum absolute atomic E-state index is 0.0164. The zero-order valence-corrected chi connectivity index (χ0v) is 13.7. The van der Waals surface area contributed by atoms with Gasteiger partial charge in [0.05, 0.1) is 6.26 Å². The lowest BCUT2D eigenvalue weighted by Gasteiger charge is -2.28. The molecule has 5 nitrogen and oxygen atoms in total. The van der Waals surface area contributed by atoms with E-state index in [4.69, 9.17) is 4.42 Å². The van der Waals surface area contributed by atoms with Crippen LogP contribution in [0.25, 0.3) is 10.6 Å². The molecule has 0 fully saturated rings. The number of furan rings is 1. The number of hydrogen-bond donors (Lipinski definition) is 1. The van der Waals surface area contributed by atoms with Crippen LogP contribution in [0.15, 0.2) is 28.4 Å². The maximum absolute atomic E-state index is 12.2. The lowest BCUT2D eigenvalue weighted by atomic mass is 9.93. The Kier molecular flexibility index (Phi) is 4.80. The van der Waals surface area contributed by atoms with Gasteiger partial charge in [-0.05, 0) is 25.6 Å². The van der Waals surface area contributed by atoms with E-state index in [2.05, 4.69) is 29.0 Å². The summed E-state index contributed by atoms with van der Waals surface area (Å²) in [4.78, 5) is 18.6. The van der Waals surface area contributed by atoms with Crippen molar-refractivity contribution in [3.8, 4) is 10.6 Å². The third kappa shape index (κ3) is 4.41. The molecule has 114 valence electrons. The van der Waals surface area contributed by atoms with Crippen molar-refractivity contribution < 1.29 is 9.21 Å². The smallest absolute Gasteiger partial charge is 0.270 e. The molecule has 0 bridgehead atoms. The van der Waals surface area contributed by atoms with E-state index in [0.29, 0.717) is 12.2 Å². The summed E-state index contributed by atoms with van der Waals surface area (Å²) in [5.41, 5.74) is 1.37. The first kappa shape index (κ1) is 15.7. The number of carbonyl (C=O) groups is 1. The van der Waals surface area contributed by atoms with E-state index in [9.17, 15) is 4.79 Å². The van der Waals surface area contributed by atoms with Crippen molar-refractivity contribution in [2.75, 3.05) is 27.2 Å². The van der Waals surface area contributed by atoms with Crippen molar-refractivity contribution >= 4 is 17.2 Å². The summed E-state index contributed by atoms with van der Waals surface area (Å²) in [5, 5.41) is 5.53. The van der Waals surface area contributed by atoms with Gasteiger partial charge in [-0.1, -0.05) is 13.8 Å².